The van der Waals surface area contributed by atoms with Crippen molar-refractivity contribution in [2.45, 2.75) is 18.9 Å². The molecule has 1 aliphatic heterocycles. The first kappa shape index (κ1) is 21.9. The number of methoxy groups -OCH3 is 2. The fourth-order valence-electron chi connectivity index (χ4n) is 3.43. The molecule has 1 heterocycles. The monoisotopic (exact) mass is 450 g/mol. The van der Waals surface area contributed by atoms with Gasteiger partial charge in [-0.05, 0) is 42.8 Å². The van der Waals surface area contributed by atoms with Gasteiger partial charge < -0.3 is 14.4 Å². The number of halogens is 2. The maximum Gasteiger partial charge on any atom is 0.337 e. The van der Waals surface area contributed by atoms with Crippen LogP contribution in [0.3, 0.4) is 0 Å². The van der Waals surface area contributed by atoms with Gasteiger partial charge in [-0.3, -0.25) is 4.79 Å². The Hall–Kier alpha value is -2.77. The fraction of sp³-hybridized carbons (Fsp3) is 0.286. The molecule has 158 valence electrons. The van der Waals surface area contributed by atoms with Gasteiger partial charge in [0, 0.05) is 23.5 Å². The molecule has 1 fully saturated rings. The first-order valence-electron chi connectivity index (χ1n) is 8.96. The molecule has 0 aliphatic carbocycles. The number of esters is 1. The molecular formula is C21H20Cl2N2O5. The largest absolute Gasteiger partial charge is 0.496 e. The van der Waals surface area contributed by atoms with Crippen LogP contribution >= 0.6 is 23.2 Å². The van der Waals surface area contributed by atoms with Crippen molar-refractivity contribution < 1.29 is 23.9 Å². The first-order valence-corrected chi connectivity index (χ1v) is 9.71. The smallest absolute Gasteiger partial charge is 0.337 e. The Morgan fingerprint density at radius 1 is 1.07 bits per heavy atom. The van der Waals surface area contributed by atoms with Gasteiger partial charge in [-0.25, -0.2) is 14.5 Å². The summed E-state index contributed by atoms with van der Waals surface area (Å²) in [7, 11) is 4.31. The van der Waals surface area contributed by atoms with Crippen LogP contribution in [0.15, 0.2) is 36.4 Å². The van der Waals surface area contributed by atoms with E-state index in [1.54, 1.807) is 32.2 Å². The Balaban J connectivity index is 1.99. The maximum atomic E-state index is 13.4. The summed E-state index contributed by atoms with van der Waals surface area (Å²) in [5.41, 5.74) is 0.0877. The molecule has 0 saturated carbocycles. The zero-order chi connectivity index (χ0) is 22.2. The average molecular weight is 451 g/mol. The van der Waals surface area contributed by atoms with Crippen LogP contribution in [0.4, 0.5) is 10.5 Å². The molecule has 0 bridgehead atoms. The zero-order valence-corrected chi connectivity index (χ0v) is 18.4. The van der Waals surface area contributed by atoms with Crippen LogP contribution in [-0.2, 0) is 16.0 Å². The van der Waals surface area contributed by atoms with Crippen LogP contribution in [-0.4, -0.2) is 49.6 Å². The standard InChI is InChI=1S/C21H20Cl2N2O5/c1-21(11-13-6-5-12(18(26)30-4)7-17(13)29-3)19(27)25(20(28)24(21)2)16-9-14(22)8-15(23)10-16/h5-10H,11H2,1-4H3. The van der Waals surface area contributed by atoms with Crippen molar-refractivity contribution in [3.05, 3.63) is 57.6 Å². The molecule has 1 unspecified atom stereocenters. The molecule has 0 spiro atoms. The first-order chi connectivity index (χ1) is 14.1. The molecule has 3 amide bonds. The van der Waals surface area contributed by atoms with Crippen molar-refractivity contribution in [2.75, 3.05) is 26.2 Å². The number of ether oxygens (including phenoxy) is 2. The second-order valence-electron chi connectivity index (χ2n) is 7.08. The molecule has 1 saturated heterocycles. The highest BCUT2D eigenvalue weighted by Crippen LogP contribution is 2.37. The van der Waals surface area contributed by atoms with Crippen LogP contribution in [0, 0.1) is 0 Å². The highest BCUT2D eigenvalue weighted by molar-refractivity contribution is 6.35. The second-order valence-corrected chi connectivity index (χ2v) is 7.95. The summed E-state index contributed by atoms with van der Waals surface area (Å²) in [5.74, 6) is -0.510. The highest BCUT2D eigenvalue weighted by atomic mass is 35.5. The molecule has 2 aromatic carbocycles. The molecule has 7 nitrogen and oxygen atoms in total. The number of hydrogen-bond donors (Lipinski definition) is 0. The van der Waals surface area contributed by atoms with Crippen molar-refractivity contribution in [3.8, 4) is 5.75 Å². The van der Waals surface area contributed by atoms with Crippen LogP contribution in [0.2, 0.25) is 10.0 Å². The third-order valence-electron chi connectivity index (χ3n) is 5.23. The number of carbonyl (C=O) groups is 3. The number of nitrogens with zero attached hydrogens (tertiary/aromatic N) is 2. The van der Waals surface area contributed by atoms with Crippen molar-refractivity contribution in [1.29, 1.82) is 0 Å². The Kier molecular flexibility index (Phi) is 5.97. The third kappa shape index (κ3) is 3.70. The topological polar surface area (TPSA) is 76.2 Å². The minimum atomic E-state index is -1.19. The van der Waals surface area contributed by atoms with E-state index in [-0.39, 0.29) is 6.42 Å². The van der Waals surface area contributed by atoms with Gasteiger partial charge in [0.25, 0.3) is 5.91 Å². The van der Waals surface area contributed by atoms with E-state index < -0.39 is 23.4 Å². The van der Waals surface area contributed by atoms with Crippen LogP contribution < -0.4 is 9.64 Å². The lowest BCUT2D eigenvalue weighted by molar-refractivity contribution is -0.123. The predicted molar refractivity (Wildman–Crippen MR) is 114 cm³/mol. The van der Waals surface area contributed by atoms with Gasteiger partial charge in [0.1, 0.15) is 11.3 Å². The predicted octanol–water partition coefficient (Wildman–Crippen LogP) is 4.19. The Morgan fingerprint density at radius 2 is 1.70 bits per heavy atom. The number of amides is 3. The number of anilines is 1. The molecule has 0 N–H and O–H groups in total. The van der Waals surface area contributed by atoms with Gasteiger partial charge in [-0.1, -0.05) is 29.3 Å². The van der Waals surface area contributed by atoms with Crippen LogP contribution in [0.1, 0.15) is 22.8 Å². The van der Waals surface area contributed by atoms with Gasteiger partial charge >= 0.3 is 12.0 Å². The Morgan fingerprint density at radius 3 is 2.27 bits per heavy atom. The lowest BCUT2D eigenvalue weighted by Crippen LogP contribution is -2.47. The van der Waals surface area contributed by atoms with Crippen LogP contribution in [0.25, 0.3) is 0 Å². The van der Waals surface area contributed by atoms with Crippen LogP contribution in [0.5, 0.6) is 5.75 Å². The molecule has 1 aliphatic rings. The van der Waals surface area contributed by atoms with E-state index in [9.17, 15) is 14.4 Å². The summed E-state index contributed by atoms with van der Waals surface area (Å²) in [6, 6.07) is 8.85. The molecule has 1 atom stereocenters. The second kappa shape index (κ2) is 8.16. The molecule has 2 aromatic rings. The molecule has 0 aromatic heterocycles. The minimum absolute atomic E-state index is 0.170. The van der Waals surface area contributed by atoms with E-state index in [0.29, 0.717) is 32.6 Å². The number of hydrogen-bond acceptors (Lipinski definition) is 5. The summed E-state index contributed by atoms with van der Waals surface area (Å²) in [6.45, 7) is 1.67. The van der Waals surface area contributed by atoms with E-state index in [1.807, 2.05) is 0 Å². The van der Waals surface area contributed by atoms with Crippen molar-refractivity contribution in [2.24, 2.45) is 0 Å². The van der Waals surface area contributed by atoms with E-state index >= 15 is 0 Å². The summed E-state index contributed by atoms with van der Waals surface area (Å²) < 4.78 is 10.1. The lowest BCUT2D eigenvalue weighted by atomic mass is 9.90. The third-order valence-corrected chi connectivity index (χ3v) is 5.67. The van der Waals surface area contributed by atoms with E-state index in [0.717, 1.165) is 4.90 Å². The molecule has 3 rings (SSSR count). The average Bonchev–Trinajstić information content (AvgIpc) is 2.87. The summed E-state index contributed by atoms with van der Waals surface area (Å²) in [6.07, 6.45) is 0.170. The number of benzene rings is 2. The number of likely N-dealkylation sites (N-methyl/N-ethyl adjacent to an activating group) is 1. The maximum absolute atomic E-state index is 13.4. The van der Waals surface area contributed by atoms with Crippen molar-refractivity contribution in [3.63, 3.8) is 0 Å². The zero-order valence-electron chi connectivity index (χ0n) is 16.9. The Labute approximate surface area is 184 Å². The number of rotatable bonds is 5. The summed E-state index contributed by atoms with van der Waals surface area (Å²) in [4.78, 5) is 40.5. The van der Waals surface area contributed by atoms with Gasteiger partial charge in [0.2, 0.25) is 0 Å². The summed E-state index contributed by atoms with van der Waals surface area (Å²) >= 11 is 12.1. The molecule has 9 heteroatoms. The normalized spacial score (nSPS) is 18.7. The molecular weight excluding hydrogens is 431 g/mol. The summed E-state index contributed by atoms with van der Waals surface area (Å²) in [5, 5.41) is 0.629. The van der Waals surface area contributed by atoms with Gasteiger partial charge in [-0.2, -0.15) is 0 Å². The van der Waals surface area contributed by atoms with E-state index in [2.05, 4.69) is 0 Å². The number of urea groups is 1. The quantitative estimate of drug-likeness (QED) is 0.504. The van der Waals surface area contributed by atoms with Crippen molar-refractivity contribution >= 4 is 46.8 Å². The van der Waals surface area contributed by atoms with Gasteiger partial charge in [-0.15, -0.1) is 0 Å². The SMILES string of the molecule is COC(=O)c1ccc(CC2(C)C(=O)N(c3cc(Cl)cc(Cl)c3)C(=O)N2C)c(OC)c1. The molecule has 0 radical (unpaired) electrons. The Bertz CT molecular complexity index is 1020. The van der Waals surface area contributed by atoms with Gasteiger partial charge in [0.05, 0.1) is 25.5 Å². The number of carbonyl (C=O) groups excluding carboxylic acids is 3. The lowest BCUT2D eigenvalue weighted by Gasteiger charge is -2.29. The van der Waals surface area contributed by atoms with E-state index in [1.165, 1.54) is 37.3 Å². The highest BCUT2D eigenvalue weighted by Gasteiger charge is 2.53. The minimum Gasteiger partial charge on any atom is -0.496 e. The van der Waals surface area contributed by atoms with Gasteiger partial charge in [0.15, 0.2) is 0 Å². The van der Waals surface area contributed by atoms with E-state index in [4.69, 9.17) is 32.7 Å². The van der Waals surface area contributed by atoms with Crippen molar-refractivity contribution in [1.82, 2.24) is 4.90 Å². The number of imide groups is 1. The fourth-order valence-corrected chi connectivity index (χ4v) is 3.94. The molecule has 30 heavy (non-hydrogen) atoms.